The summed E-state index contributed by atoms with van der Waals surface area (Å²) in [7, 11) is 1.66. The Bertz CT molecular complexity index is 348. The highest BCUT2D eigenvalue weighted by Crippen LogP contribution is 2.34. The lowest BCUT2D eigenvalue weighted by Gasteiger charge is -2.32. The summed E-state index contributed by atoms with van der Waals surface area (Å²) < 4.78 is 16.0. The van der Waals surface area contributed by atoms with Gasteiger partial charge < -0.3 is 14.0 Å². The Balaban J connectivity index is 2.25. The summed E-state index contributed by atoms with van der Waals surface area (Å²) in [6, 6.07) is 0. The van der Waals surface area contributed by atoms with Gasteiger partial charge in [-0.15, -0.1) is 11.6 Å². The molecule has 0 aromatic carbocycles. The molecule has 0 aliphatic carbocycles. The number of methoxy groups -OCH3 is 1. The van der Waals surface area contributed by atoms with Crippen LogP contribution in [-0.2, 0) is 15.1 Å². The molecule has 16 heavy (non-hydrogen) atoms. The highest BCUT2D eigenvalue weighted by atomic mass is 35.5. The minimum atomic E-state index is -0.480. The third-order valence-electron chi connectivity index (χ3n) is 2.88. The molecular formula is C10H15ClN2O3. The number of hydrogen-bond acceptors (Lipinski definition) is 5. The monoisotopic (exact) mass is 246 g/mol. The molecule has 1 aliphatic rings. The highest BCUT2D eigenvalue weighted by Gasteiger charge is 2.39. The zero-order valence-electron chi connectivity index (χ0n) is 9.40. The second kappa shape index (κ2) is 4.69. The summed E-state index contributed by atoms with van der Waals surface area (Å²) in [5.74, 6) is 1.00. The average molecular weight is 247 g/mol. The quantitative estimate of drug-likeness (QED) is 0.764. The SMILES string of the molecule is COC1(c2noc(C(C)Cl)n2)CCOCC1. The van der Waals surface area contributed by atoms with Gasteiger partial charge in [-0.3, -0.25) is 0 Å². The van der Waals surface area contributed by atoms with Crippen molar-refractivity contribution in [3.8, 4) is 0 Å². The van der Waals surface area contributed by atoms with Crippen molar-refractivity contribution in [1.82, 2.24) is 10.1 Å². The number of halogens is 1. The van der Waals surface area contributed by atoms with E-state index in [1.807, 2.05) is 0 Å². The molecule has 0 spiro atoms. The smallest absolute Gasteiger partial charge is 0.244 e. The minimum absolute atomic E-state index is 0.282. The van der Waals surface area contributed by atoms with Crippen LogP contribution in [0.25, 0.3) is 0 Å². The van der Waals surface area contributed by atoms with E-state index in [1.165, 1.54) is 0 Å². The Hall–Kier alpha value is -0.650. The van der Waals surface area contributed by atoms with Crippen molar-refractivity contribution in [1.29, 1.82) is 0 Å². The predicted octanol–water partition coefficient (Wildman–Crippen LogP) is 2.02. The maximum Gasteiger partial charge on any atom is 0.244 e. The van der Waals surface area contributed by atoms with Gasteiger partial charge in [0.15, 0.2) is 0 Å². The molecule has 1 unspecified atom stereocenters. The lowest BCUT2D eigenvalue weighted by Crippen LogP contribution is -2.36. The van der Waals surface area contributed by atoms with Gasteiger partial charge in [0.1, 0.15) is 11.0 Å². The second-order valence-electron chi connectivity index (χ2n) is 3.88. The van der Waals surface area contributed by atoms with Crippen LogP contribution in [0.3, 0.4) is 0 Å². The van der Waals surface area contributed by atoms with Crippen LogP contribution in [0.15, 0.2) is 4.52 Å². The van der Waals surface area contributed by atoms with Crippen molar-refractivity contribution in [2.45, 2.75) is 30.7 Å². The fraction of sp³-hybridized carbons (Fsp3) is 0.800. The normalized spacial score (nSPS) is 21.9. The van der Waals surface area contributed by atoms with Crippen LogP contribution in [0.5, 0.6) is 0 Å². The predicted molar refractivity (Wildman–Crippen MR) is 57.3 cm³/mol. The van der Waals surface area contributed by atoms with Crippen molar-refractivity contribution in [3.63, 3.8) is 0 Å². The van der Waals surface area contributed by atoms with Crippen LogP contribution >= 0.6 is 11.6 Å². The van der Waals surface area contributed by atoms with Crippen molar-refractivity contribution in [2.75, 3.05) is 20.3 Å². The molecule has 1 aromatic rings. The van der Waals surface area contributed by atoms with Gasteiger partial charge in [-0.1, -0.05) is 5.16 Å². The van der Waals surface area contributed by atoms with Gasteiger partial charge in [0.05, 0.1) is 0 Å². The molecule has 1 aliphatic heterocycles. The van der Waals surface area contributed by atoms with Crippen LogP contribution in [0.4, 0.5) is 0 Å². The molecule has 1 saturated heterocycles. The van der Waals surface area contributed by atoms with E-state index < -0.39 is 5.60 Å². The average Bonchev–Trinajstić information content (AvgIpc) is 2.80. The largest absolute Gasteiger partial charge is 0.381 e. The number of rotatable bonds is 3. The first-order chi connectivity index (χ1) is 7.68. The highest BCUT2D eigenvalue weighted by molar-refractivity contribution is 6.20. The molecule has 1 atom stereocenters. The van der Waals surface area contributed by atoms with Crippen LogP contribution in [0, 0.1) is 0 Å². The minimum Gasteiger partial charge on any atom is -0.381 e. The Morgan fingerprint density at radius 1 is 1.44 bits per heavy atom. The summed E-state index contributed by atoms with van der Waals surface area (Å²) in [6.45, 7) is 3.09. The molecule has 1 aromatic heterocycles. The van der Waals surface area contributed by atoms with E-state index in [4.69, 9.17) is 25.6 Å². The van der Waals surface area contributed by atoms with Gasteiger partial charge in [0.25, 0.3) is 0 Å². The number of nitrogens with zero attached hydrogens (tertiary/aromatic N) is 2. The fourth-order valence-corrected chi connectivity index (χ4v) is 1.89. The van der Waals surface area contributed by atoms with Crippen LogP contribution < -0.4 is 0 Å². The van der Waals surface area contributed by atoms with Gasteiger partial charge in [-0.05, 0) is 6.92 Å². The Morgan fingerprint density at radius 3 is 2.62 bits per heavy atom. The fourth-order valence-electron chi connectivity index (χ4n) is 1.80. The summed E-state index contributed by atoms with van der Waals surface area (Å²) in [5, 5.41) is 3.67. The van der Waals surface area contributed by atoms with E-state index in [1.54, 1.807) is 14.0 Å². The van der Waals surface area contributed by atoms with Crippen molar-refractivity contribution < 1.29 is 14.0 Å². The first-order valence-electron chi connectivity index (χ1n) is 5.29. The zero-order chi connectivity index (χ0) is 11.6. The van der Waals surface area contributed by atoms with Crippen molar-refractivity contribution in [3.05, 3.63) is 11.7 Å². The maximum atomic E-state index is 5.88. The third-order valence-corrected chi connectivity index (χ3v) is 3.07. The topological polar surface area (TPSA) is 57.4 Å². The van der Waals surface area contributed by atoms with Gasteiger partial charge in [0, 0.05) is 33.2 Å². The van der Waals surface area contributed by atoms with E-state index in [2.05, 4.69) is 10.1 Å². The lowest BCUT2D eigenvalue weighted by atomic mass is 9.93. The van der Waals surface area contributed by atoms with Gasteiger partial charge in [-0.25, -0.2) is 0 Å². The van der Waals surface area contributed by atoms with E-state index >= 15 is 0 Å². The van der Waals surface area contributed by atoms with Gasteiger partial charge in [-0.2, -0.15) is 4.98 Å². The Morgan fingerprint density at radius 2 is 2.12 bits per heavy atom. The number of hydrogen-bond donors (Lipinski definition) is 0. The van der Waals surface area contributed by atoms with E-state index in [9.17, 15) is 0 Å². The molecule has 0 radical (unpaired) electrons. The molecule has 0 saturated carbocycles. The van der Waals surface area contributed by atoms with Crippen molar-refractivity contribution in [2.24, 2.45) is 0 Å². The Kier molecular flexibility index (Phi) is 3.47. The molecule has 5 nitrogen and oxygen atoms in total. The number of alkyl halides is 1. The summed E-state index contributed by atoms with van der Waals surface area (Å²) in [5.41, 5.74) is -0.480. The standard InChI is InChI=1S/C10H15ClN2O3/c1-7(11)8-12-9(13-16-8)10(14-2)3-5-15-6-4-10/h7H,3-6H2,1-2H3. The van der Waals surface area contributed by atoms with Gasteiger partial charge >= 0.3 is 0 Å². The molecule has 0 amide bonds. The molecule has 2 heterocycles. The third kappa shape index (κ3) is 2.07. The lowest BCUT2D eigenvalue weighted by molar-refractivity contribution is -0.101. The summed E-state index contributed by atoms with van der Waals surface area (Å²) in [6.07, 6.45) is 1.47. The molecule has 6 heteroatoms. The molecule has 2 rings (SSSR count). The van der Waals surface area contributed by atoms with E-state index in [0.717, 1.165) is 12.8 Å². The van der Waals surface area contributed by atoms with Crippen molar-refractivity contribution >= 4 is 11.6 Å². The first-order valence-corrected chi connectivity index (χ1v) is 5.73. The molecule has 90 valence electrons. The molecule has 0 N–H and O–H groups in total. The maximum absolute atomic E-state index is 5.88. The van der Waals surface area contributed by atoms with Crippen LogP contribution in [-0.4, -0.2) is 30.5 Å². The summed E-state index contributed by atoms with van der Waals surface area (Å²) in [4.78, 5) is 4.29. The molecular weight excluding hydrogens is 232 g/mol. The zero-order valence-corrected chi connectivity index (χ0v) is 10.2. The first kappa shape index (κ1) is 11.8. The summed E-state index contributed by atoms with van der Waals surface area (Å²) >= 11 is 5.88. The van der Waals surface area contributed by atoms with Gasteiger partial charge in [0.2, 0.25) is 11.7 Å². The number of aromatic nitrogens is 2. The van der Waals surface area contributed by atoms with Crippen LogP contribution in [0.1, 0.15) is 36.9 Å². The molecule has 0 bridgehead atoms. The second-order valence-corrected chi connectivity index (χ2v) is 4.54. The number of ether oxygens (including phenoxy) is 2. The molecule has 1 fully saturated rings. The van der Waals surface area contributed by atoms with Crippen LogP contribution in [0.2, 0.25) is 0 Å². The Labute approximate surface area is 99.1 Å². The van der Waals surface area contributed by atoms with E-state index in [0.29, 0.717) is 24.9 Å². The van der Waals surface area contributed by atoms with E-state index in [-0.39, 0.29) is 5.38 Å².